The molecule has 2 unspecified atom stereocenters. The molecule has 1 saturated heterocycles. The topological polar surface area (TPSA) is 60.8 Å². The molecule has 4 nitrogen and oxygen atoms in total. The van der Waals surface area contributed by atoms with Crippen LogP contribution in [0.5, 0.6) is 0 Å². The second-order valence-corrected chi connectivity index (χ2v) is 7.67. The Labute approximate surface area is 128 Å². The van der Waals surface area contributed by atoms with Gasteiger partial charge in [0, 0.05) is 13.1 Å². The maximum Gasteiger partial charge on any atom is 0.309 e. The van der Waals surface area contributed by atoms with E-state index in [1.54, 1.807) is 0 Å². The van der Waals surface area contributed by atoms with Gasteiger partial charge in [-0.25, -0.2) is 0 Å². The van der Waals surface area contributed by atoms with Crippen molar-refractivity contribution in [2.24, 2.45) is 17.3 Å². The van der Waals surface area contributed by atoms with Crippen LogP contribution in [0.25, 0.3) is 0 Å². The van der Waals surface area contributed by atoms with E-state index in [1.165, 1.54) is 25.7 Å². The van der Waals surface area contributed by atoms with Crippen molar-refractivity contribution in [1.29, 1.82) is 0 Å². The highest BCUT2D eigenvalue weighted by atomic mass is 16.4. The Balaban J connectivity index is 1.81. The van der Waals surface area contributed by atoms with Gasteiger partial charge < -0.3 is 15.1 Å². The lowest BCUT2D eigenvalue weighted by atomic mass is 9.74. The van der Waals surface area contributed by atoms with Crippen LogP contribution in [0.2, 0.25) is 0 Å². The summed E-state index contributed by atoms with van der Waals surface area (Å²) in [6, 6.07) is 0. The van der Waals surface area contributed by atoms with Gasteiger partial charge in [-0.1, -0.05) is 25.7 Å². The summed E-state index contributed by atoms with van der Waals surface area (Å²) in [5.74, 6) is 0.180. The number of carboxylic acids is 1. The Hall–Kier alpha value is -0.610. The molecule has 0 aromatic rings. The molecule has 0 spiro atoms. The molecular formula is C17H31NO3. The van der Waals surface area contributed by atoms with E-state index in [9.17, 15) is 15.0 Å². The lowest BCUT2D eigenvalue weighted by molar-refractivity contribution is -0.151. The van der Waals surface area contributed by atoms with Crippen LogP contribution in [-0.4, -0.2) is 46.8 Å². The summed E-state index contributed by atoms with van der Waals surface area (Å²) < 4.78 is 0. The lowest BCUT2D eigenvalue weighted by Crippen LogP contribution is -2.46. The first-order valence-corrected chi connectivity index (χ1v) is 8.53. The minimum Gasteiger partial charge on any atom is -0.481 e. The Morgan fingerprint density at radius 1 is 1.24 bits per heavy atom. The molecule has 0 radical (unpaired) electrons. The maximum absolute atomic E-state index is 11.4. The molecule has 2 rings (SSSR count). The summed E-state index contributed by atoms with van der Waals surface area (Å²) in [7, 11) is 0. The molecular weight excluding hydrogens is 266 g/mol. The molecule has 1 saturated carbocycles. The van der Waals surface area contributed by atoms with Crippen LogP contribution >= 0.6 is 0 Å². The first-order valence-electron chi connectivity index (χ1n) is 8.53. The van der Waals surface area contributed by atoms with Crippen molar-refractivity contribution in [3.63, 3.8) is 0 Å². The Bertz CT molecular complexity index is 350. The highest BCUT2D eigenvalue weighted by molar-refractivity contribution is 5.74. The quantitative estimate of drug-likeness (QED) is 0.791. The van der Waals surface area contributed by atoms with E-state index in [4.69, 9.17) is 0 Å². The third-order valence-electron chi connectivity index (χ3n) is 5.63. The van der Waals surface area contributed by atoms with Crippen LogP contribution in [0, 0.1) is 17.3 Å². The third kappa shape index (κ3) is 4.43. The number of carboxylic acid groups (broad SMARTS) is 1. The first-order chi connectivity index (χ1) is 9.89. The fourth-order valence-electron chi connectivity index (χ4n) is 3.99. The molecule has 1 aliphatic heterocycles. The van der Waals surface area contributed by atoms with Gasteiger partial charge in [0.25, 0.3) is 0 Å². The van der Waals surface area contributed by atoms with Crippen LogP contribution in [0.4, 0.5) is 0 Å². The second kappa shape index (κ2) is 7.10. The third-order valence-corrected chi connectivity index (χ3v) is 5.63. The summed E-state index contributed by atoms with van der Waals surface area (Å²) in [6.45, 7) is 6.18. The van der Waals surface area contributed by atoms with E-state index in [0.29, 0.717) is 12.5 Å². The van der Waals surface area contributed by atoms with E-state index in [2.05, 4.69) is 4.90 Å². The molecule has 0 aromatic carbocycles. The number of carbonyl (C=O) groups is 1. The lowest BCUT2D eigenvalue weighted by Gasteiger charge is -2.40. The fourth-order valence-corrected chi connectivity index (χ4v) is 3.99. The monoisotopic (exact) mass is 297 g/mol. The average molecular weight is 297 g/mol. The minimum atomic E-state index is -0.708. The van der Waals surface area contributed by atoms with Crippen LogP contribution < -0.4 is 0 Å². The Morgan fingerprint density at radius 3 is 2.52 bits per heavy atom. The SMILES string of the molecule is CC(C)(C(=O)O)C1CCCN(CC(O)CC2CCCC2)C1. The first kappa shape index (κ1) is 16.8. The summed E-state index contributed by atoms with van der Waals surface area (Å²) in [6.07, 6.45) is 7.86. The maximum atomic E-state index is 11.4. The van der Waals surface area contributed by atoms with Crippen LogP contribution in [0.3, 0.4) is 0 Å². The summed E-state index contributed by atoms with van der Waals surface area (Å²) in [4.78, 5) is 13.7. The average Bonchev–Trinajstić information content (AvgIpc) is 2.91. The molecule has 21 heavy (non-hydrogen) atoms. The smallest absolute Gasteiger partial charge is 0.309 e. The van der Waals surface area contributed by atoms with Gasteiger partial charge in [0.05, 0.1) is 11.5 Å². The standard InChI is InChI=1S/C17H31NO3/c1-17(2,16(20)21)14-8-5-9-18(11-14)12-15(19)10-13-6-3-4-7-13/h13-15,19H,3-12H2,1-2H3,(H,20,21). The van der Waals surface area contributed by atoms with Gasteiger partial charge in [-0.2, -0.15) is 0 Å². The van der Waals surface area contributed by atoms with E-state index < -0.39 is 11.4 Å². The predicted octanol–water partition coefficient (Wildman–Crippen LogP) is 2.75. The molecule has 2 fully saturated rings. The van der Waals surface area contributed by atoms with Crippen molar-refractivity contribution in [2.75, 3.05) is 19.6 Å². The van der Waals surface area contributed by atoms with Gasteiger partial charge in [-0.3, -0.25) is 4.79 Å². The zero-order valence-electron chi connectivity index (χ0n) is 13.6. The number of aliphatic hydroxyl groups is 1. The Morgan fingerprint density at radius 2 is 1.90 bits per heavy atom. The van der Waals surface area contributed by atoms with Crippen LogP contribution in [-0.2, 0) is 4.79 Å². The number of rotatable bonds is 6. The molecule has 0 amide bonds. The molecule has 2 aliphatic rings. The van der Waals surface area contributed by atoms with E-state index >= 15 is 0 Å². The van der Waals surface area contributed by atoms with Gasteiger partial charge in [0.15, 0.2) is 0 Å². The van der Waals surface area contributed by atoms with Crippen molar-refractivity contribution in [2.45, 2.75) is 64.9 Å². The largest absolute Gasteiger partial charge is 0.481 e. The molecule has 4 heteroatoms. The van der Waals surface area contributed by atoms with Gasteiger partial charge in [0.2, 0.25) is 0 Å². The summed E-state index contributed by atoms with van der Waals surface area (Å²) >= 11 is 0. The number of likely N-dealkylation sites (tertiary alicyclic amines) is 1. The zero-order valence-corrected chi connectivity index (χ0v) is 13.6. The number of piperidine rings is 1. The van der Waals surface area contributed by atoms with Crippen molar-refractivity contribution >= 4 is 5.97 Å². The van der Waals surface area contributed by atoms with E-state index in [0.717, 1.165) is 32.4 Å². The van der Waals surface area contributed by atoms with Crippen LogP contribution in [0.15, 0.2) is 0 Å². The van der Waals surface area contributed by atoms with Crippen molar-refractivity contribution in [3.05, 3.63) is 0 Å². The molecule has 1 aliphatic carbocycles. The van der Waals surface area contributed by atoms with Crippen molar-refractivity contribution in [3.8, 4) is 0 Å². The number of aliphatic carboxylic acids is 1. The van der Waals surface area contributed by atoms with Gasteiger partial charge in [0.1, 0.15) is 0 Å². The summed E-state index contributed by atoms with van der Waals surface area (Å²) in [5.41, 5.74) is -0.672. The van der Waals surface area contributed by atoms with E-state index in [1.807, 2.05) is 13.8 Å². The number of hydrogen-bond donors (Lipinski definition) is 2. The highest BCUT2D eigenvalue weighted by Gasteiger charge is 2.39. The van der Waals surface area contributed by atoms with Crippen molar-refractivity contribution < 1.29 is 15.0 Å². The fraction of sp³-hybridized carbons (Fsp3) is 0.941. The highest BCUT2D eigenvalue weighted by Crippen LogP contribution is 2.34. The molecule has 0 bridgehead atoms. The van der Waals surface area contributed by atoms with Crippen molar-refractivity contribution in [1.82, 2.24) is 4.90 Å². The number of β-amino-alcohol motifs (C(OH)–C–C–N with tert-alkyl or cyclic N) is 1. The van der Waals surface area contributed by atoms with Gasteiger partial charge in [-0.15, -0.1) is 0 Å². The number of hydrogen-bond acceptors (Lipinski definition) is 3. The predicted molar refractivity (Wildman–Crippen MR) is 83.2 cm³/mol. The minimum absolute atomic E-state index is 0.183. The van der Waals surface area contributed by atoms with Gasteiger partial charge >= 0.3 is 5.97 Å². The molecule has 0 aromatic heterocycles. The zero-order chi connectivity index (χ0) is 15.5. The summed E-state index contributed by atoms with van der Waals surface area (Å²) in [5, 5.41) is 19.7. The van der Waals surface area contributed by atoms with Gasteiger partial charge in [-0.05, 0) is 51.5 Å². The molecule has 1 heterocycles. The molecule has 2 N–H and O–H groups in total. The number of nitrogens with zero attached hydrogens (tertiary/aromatic N) is 1. The molecule has 122 valence electrons. The Kier molecular flexibility index (Phi) is 5.67. The second-order valence-electron chi connectivity index (χ2n) is 7.67. The van der Waals surface area contributed by atoms with Crippen LogP contribution in [0.1, 0.15) is 58.8 Å². The number of aliphatic hydroxyl groups excluding tert-OH is 1. The normalized spacial score (nSPS) is 26.9. The van der Waals surface area contributed by atoms with E-state index in [-0.39, 0.29) is 12.0 Å². The molecule has 2 atom stereocenters.